The summed E-state index contributed by atoms with van der Waals surface area (Å²) in [6.07, 6.45) is 5.92. The van der Waals surface area contributed by atoms with Gasteiger partial charge in [0, 0.05) is 13.5 Å². The molecular weight excluding hydrogens is 342 g/mol. The van der Waals surface area contributed by atoms with Crippen LogP contribution in [0.5, 0.6) is 0 Å². The molecule has 0 aliphatic carbocycles. The molecule has 0 aliphatic heterocycles. The smallest absolute Gasteiger partial charge is 0.319 e. The Morgan fingerprint density at radius 1 is 1.28 bits per heavy atom. The van der Waals surface area contributed by atoms with Crippen molar-refractivity contribution in [3.8, 4) is 12.3 Å². The standard InChI is InChI=1S/C18H18ClN3O3/c1-4-11-22-16(19)15(17(24)21(3)18(22)25)20-14(23)10-9-13-7-5-12(2)6-8-13/h1,5-8H,9-11H2,2-3H3,(H,20,23). The summed E-state index contributed by atoms with van der Waals surface area (Å²) in [5, 5.41) is 2.32. The normalized spacial score (nSPS) is 10.3. The molecule has 1 aromatic heterocycles. The summed E-state index contributed by atoms with van der Waals surface area (Å²) in [7, 11) is 1.30. The van der Waals surface area contributed by atoms with Crippen LogP contribution in [0.4, 0.5) is 5.69 Å². The third kappa shape index (κ3) is 4.20. The third-order valence-electron chi connectivity index (χ3n) is 3.75. The van der Waals surface area contributed by atoms with Crippen LogP contribution < -0.4 is 16.6 Å². The highest BCUT2D eigenvalue weighted by molar-refractivity contribution is 6.32. The predicted octanol–water partition coefficient (Wildman–Crippen LogP) is 1.71. The monoisotopic (exact) mass is 359 g/mol. The zero-order valence-corrected chi connectivity index (χ0v) is 14.8. The van der Waals surface area contributed by atoms with Crippen LogP contribution in [0, 0.1) is 19.3 Å². The molecule has 2 aromatic rings. The molecule has 1 amide bonds. The van der Waals surface area contributed by atoms with Crippen molar-refractivity contribution in [2.24, 2.45) is 7.05 Å². The molecule has 7 heteroatoms. The molecule has 0 fully saturated rings. The highest BCUT2D eigenvalue weighted by Gasteiger charge is 2.17. The van der Waals surface area contributed by atoms with Crippen LogP contribution >= 0.6 is 11.6 Å². The summed E-state index contributed by atoms with van der Waals surface area (Å²) in [5.41, 5.74) is 0.696. The first-order valence-electron chi connectivity index (χ1n) is 7.63. The minimum absolute atomic E-state index is 0.0992. The van der Waals surface area contributed by atoms with E-state index in [2.05, 4.69) is 11.2 Å². The minimum atomic E-state index is -0.674. The van der Waals surface area contributed by atoms with Crippen LogP contribution in [0.3, 0.4) is 0 Å². The van der Waals surface area contributed by atoms with Gasteiger partial charge < -0.3 is 5.32 Å². The van der Waals surface area contributed by atoms with Gasteiger partial charge in [-0.05, 0) is 18.9 Å². The van der Waals surface area contributed by atoms with Crippen LogP contribution in [0.1, 0.15) is 17.5 Å². The predicted molar refractivity (Wildman–Crippen MR) is 97.9 cm³/mol. The Kier molecular flexibility index (Phi) is 5.84. The number of hydrogen-bond donors (Lipinski definition) is 1. The van der Waals surface area contributed by atoms with Crippen molar-refractivity contribution in [3.63, 3.8) is 0 Å². The number of nitrogens with zero attached hydrogens (tertiary/aromatic N) is 2. The minimum Gasteiger partial charge on any atom is -0.319 e. The Hall–Kier alpha value is -2.78. The number of anilines is 1. The maximum absolute atomic E-state index is 12.2. The van der Waals surface area contributed by atoms with Crippen LogP contribution in [0.15, 0.2) is 33.9 Å². The average molecular weight is 360 g/mol. The summed E-state index contributed by atoms with van der Waals surface area (Å²) >= 11 is 6.09. The quantitative estimate of drug-likeness (QED) is 0.652. The molecule has 0 unspecified atom stereocenters. The number of hydrogen-bond acceptors (Lipinski definition) is 3. The lowest BCUT2D eigenvalue weighted by molar-refractivity contribution is -0.116. The van der Waals surface area contributed by atoms with E-state index in [-0.39, 0.29) is 29.7 Å². The van der Waals surface area contributed by atoms with Gasteiger partial charge in [0.1, 0.15) is 10.8 Å². The summed E-state index contributed by atoms with van der Waals surface area (Å²) in [6, 6.07) is 7.83. The lowest BCUT2D eigenvalue weighted by Gasteiger charge is -2.12. The van der Waals surface area contributed by atoms with Gasteiger partial charge in [-0.25, -0.2) is 4.79 Å². The van der Waals surface area contributed by atoms with Crippen LogP contribution in [-0.2, 0) is 24.8 Å². The summed E-state index contributed by atoms with van der Waals surface area (Å²) in [5.74, 6) is 1.92. The molecule has 0 radical (unpaired) electrons. The maximum atomic E-state index is 12.2. The molecule has 0 atom stereocenters. The number of amides is 1. The Labute approximate surface area is 150 Å². The number of halogens is 1. The largest absolute Gasteiger partial charge is 0.332 e. The molecular formula is C18H18ClN3O3. The van der Waals surface area contributed by atoms with Gasteiger partial charge in [-0.2, -0.15) is 0 Å². The Morgan fingerprint density at radius 3 is 2.52 bits per heavy atom. The molecule has 0 spiro atoms. The van der Waals surface area contributed by atoms with E-state index in [1.165, 1.54) is 7.05 Å². The molecule has 1 heterocycles. The highest BCUT2D eigenvalue weighted by Crippen LogP contribution is 2.16. The molecule has 130 valence electrons. The van der Waals surface area contributed by atoms with E-state index in [0.29, 0.717) is 6.42 Å². The van der Waals surface area contributed by atoms with Crippen molar-refractivity contribution < 1.29 is 4.79 Å². The maximum Gasteiger partial charge on any atom is 0.332 e. The van der Waals surface area contributed by atoms with Crippen LogP contribution in [0.25, 0.3) is 0 Å². The van der Waals surface area contributed by atoms with Gasteiger partial charge in [0.05, 0.1) is 6.54 Å². The van der Waals surface area contributed by atoms with Gasteiger partial charge in [-0.3, -0.25) is 18.7 Å². The fourth-order valence-corrected chi connectivity index (χ4v) is 2.55. The number of carbonyl (C=O) groups excluding carboxylic acids is 1. The van der Waals surface area contributed by atoms with Crippen molar-refractivity contribution in [1.82, 2.24) is 9.13 Å². The summed E-state index contributed by atoms with van der Waals surface area (Å²) in [6.45, 7) is 1.89. The third-order valence-corrected chi connectivity index (χ3v) is 4.15. The van der Waals surface area contributed by atoms with Crippen molar-refractivity contribution >= 4 is 23.2 Å². The first-order chi connectivity index (χ1) is 11.8. The van der Waals surface area contributed by atoms with E-state index in [4.69, 9.17) is 18.0 Å². The fraction of sp³-hybridized carbons (Fsp3) is 0.278. The van der Waals surface area contributed by atoms with E-state index in [1.807, 2.05) is 31.2 Å². The molecule has 0 bridgehead atoms. The van der Waals surface area contributed by atoms with E-state index in [1.54, 1.807) is 0 Å². The van der Waals surface area contributed by atoms with Crippen molar-refractivity contribution in [3.05, 3.63) is 61.4 Å². The van der Waals surface area contributed by atoms with E-state index in [0.717, 1.165) is 20.3 Å². The number of aryl methyl sites for hydroxylation is 2. The molecule has 1 N–H and O–H groups in total. The van der Waals surface area contributed by atoms with E-state index >= 15 is 0 Å². The van der Waals surface area contributed by atoms with Crippen molar-refractivity contribution in [1.29, 1.82) is 0 Å². The SMILES string of the molecule is C#CCn1c(Cl)c(NC(=O)CCc2ccc(C)cc2)c(=O)n(C)c1=O. The lowest BCUT2D eigenvalue weighted by atomic mass is 10.1. The molecule has 6 nitrogen and oxygen atoms in total. The summed E-state index contributed by atoms with van der Waals surface area (Å²) in [4.78, 5) is 36.4. The van der Waals surface area contributed by atoms with Gasteiger partial charge >= 0.3 is 5.69 Å². The lowest BCUT2D eigenvalue weighted by Crippen LogP contribution is -2.40. The van der Waals surface area contributed by atoms with Gasteiger partial charge in [-0.15, -0.1) is 6.42 Å². The zero-order chi connectivity index (χ0) is 18.6. The second kappa shape index (κ2) is 7.86. The van der Waals surface area contributed by atoms with E-state index < -0.39 is 11.2 Å². The van der Waals surface area contributed by atoms with Crippen molar-refractivity contribution in [2.75, 3.05) is 5.32 Å². The second-order valence-corrected chi connectivity index (χ2v) is 5.99. The van der Waals surface area contributed by atoms with E-state index in [9.17, 15) is 14.4 Å². The molecule has 0 saturated heterocycles. The first kappa shape index (κ1) is 18.6. The average Bonchev–Trinajstić information content (AvgIpc) is 2.60. The number of benzene rings is 1. The van der Waals surface area contributed by atoms with Crippen molar-refractivity contribution in [2.45, 2.75) is 26.3 Å². The van der Waals surface area contributed by atoms with Crippen LogP contribution in [0.2, 0.25) is 5.15 Å². The Morgan fingerprint density at radius 2 is 1.92 bits per heavy atom. The fourth-order valence-electron chi connectivity index (χ4n) is 2.29. The molecule has 1 aromatic carbocycles. The van der Waals surface area contributed by atoms with Gasteiger partial charge in [-0.1, -0.05) is 47.4 Å². The number of aromatic nitrogens is 2. The first-order valence-corrected chi connectivity index (χ1v) is 8.01. The zero-order valence-electron chi connectivity index (χ0n) is 14.0. The summed E-state index contributed by atoms with van der Waals surface area (Å²) < 4.78 is 1.91. The molecule has 0 saturated carbocycles. The van der Waals surface area contributed by atoms with Gasteiger partial charge in [0.25, 0.3) is 5.56 Å². The molecule has 25 heavy (non-hydrogen) atoms. The number of carbonyl (C=O) groups is 1. The molecule has 2 rings (SSSR count). The topological polar surface area (TPSA) is 73.1 Å². The second-order valence-electron chi connectivity index (χ2n) is 5.64. The number of terminal acetylenes is 1. The number of rotatable bonds is 5. The highest BCUT2D eigenvalue weighted by atomic mass is 35.5. The molecule has 0 aliphatic rings. The van der Waals surface area contributed by atoms with Gasteiger partial charge in [0.15, 0.2) is 0 Å². The van der Waals surface area contributed by atoms with Crippen LogP contribution in [-0.4, -0.2) is 15.0 Å². The Bertz CT molecular complexity index is 950. The number of nitrogens with one attached hydrogen (secondary N) is 1. The Balaban J connectivity index is 2.20. The van der Waals surface area contributed by atoms with Gasteiger partial charge in [0.2, 0.25) is 5.91 Å².